The third-order valence-electron chi connectivity index (χ3n) is 6.25. The number of unbranched alkanes of at least 4 members (excludes halogenated alkanes) is 4. The number of non-ortho nitro benzene ring substituents is 1. The van der Waals surface area contributed by atoms with Crippen molar-refractivity contribution in [2.75, 3.05) is 26.2 Å². The molecule has 0 saturated carbocycles. The van der Waals surface area contributed by atoms with Crippen molar-refractivity contribution in [3.8, 4) is 0 Å². The van der Waals surface area contributed by atoms with E-state index in [1.807, 2.05) is 0 Å². The van der Waals surface area contributed by atoms with Gasteiger partial charge in [-0.3, -0.25) is 24.6 Å². The molecule has 0 atom stereocenters. The van der Waals surface area contributed by atoms with Crippen LogP contribution in [0.25, 0.3) is 0 Å². The molecule has 176 valence electrons. The van der Waals surface area contributed by atoms with E-state index in [1.165, 1.54) is 47.9 Å². The molecule has 0 fully saturated rings. The molecule has 0 unspecified atom stereocenters. The normalized spacial score (nSPS) is 13.1. The van der Waals surface area contributed by atoms with Gasteiger partial charge in [-0.2, -0.15) is 0 Å². The van der Waals surface area contributed by atoms with E-state index in [2.05, 4.69) is 42.2 Å². The Morgan fingerprint density at radius 3 is 2.18 bits per heavy atom. The molecular weight excluding hydrogens is 418 g/mol. The number of benzene rings is 2. The maximum absolute atomic E-state index is 12.5. The van der Waals surface area contributed by atoms with Crippen LogP contribution in [0.5, 0.6) is 0 Å². The van der Waals surface area contributed by atoms with Crippen LogP contribution in [0.4, 0.5) is 5.69 Å². The number of nitro benzene ring substituents is 1. The second-order valence-corrected chi connectivity index (χ2v) is 8.54. The van der Waals surface area contributed by atoms with Gasteiger partial charge in [0, 0.05) is 18.7 Å². The first-order chi connectivity index (χ1) is 16.0. The fraction of sp³-hybridized carbons (Fsp3) is 0.462. The first-order valence-electron chi connectivity index (χ1n) is 11.9. The summed E-state index contributed by atoms with van der Waals surface area (Å²) in [6, 6.07) is 14.5. The average molecular weight is 452 g/mol. The molecule has 2 aromatic rings. The zero-order valence-corrected chi connectivity index (χ0v) is 19.4. The van der Waals surface area contributed by atoms with Crippen LogP contribution in [0.15, 0.2) is 48.5 Å². The molecule has 1 heterocycles. The zero-order valence-electron chi connectivity index (χ0n) is 19.4. The minimum absolute atomic E-state index is 0.138. The Morgan fingerprint density at radius 1 is 0.848 bits per heavy atom. The first-order valence-corrected chi connectivity index (χ1v) is 11.9. The minimum atomic E-state index is -0.552. The number of hydrogen-bond acceptors (Lipinski definition) is 5. The van der Waals surface area contributed by atoms with Gasteiger partial charge < -0.3 is 4.90 Å². The van der Waals surface area contributed by atoms with Gasteiger partial charge in [0.25, 0.3) is 17.5 Å². The smallest absolute Gasteiger partial charge is 0.270 e. The van der Waals surface area contributed by atoms with Gasteiger partial charge in [0.1, 0.15) is 0 Å². The molecule has 33 heavy (non-hydrogen) atoms. The summed E-state index contributed by atoms with van der Waals surface area (Å²) in [5, 5.41) is 10.9. The highest BCUT2D eigenvalue weighted by atomic mass is 16.6. The lowest BCUT2D eigenvalue weighted by Crippen LogP contribution is -2.31. The fourth-order valence-corrected chi connectivity index (χ4v) is 4.29. The number of hydrogen-bond donors (Lipinski definition) is 0. The summed E-state index contributed by atoms with van der Waals surface area (Å²) in [5.41, 5.74) is 1.63. The Labute approximate surface area is 195 Å². The van der Waals surface area contributed by atoms with Crippen LogP contribution in [0.3, 0.4) is 0 Å². The first kappa shape index (κ1) is 24.6. The summed E-state index contributed by atoms with van der Waals surface area (Å²) in [6.45, 7) is 5.68. The highest BCUT2D eigenvalue weighted by Crippen LogP contribution is 2.27. The van der Waals surface area contributed by atoms with E-state index in [9.17, 15) is 19.7 Å². The second kappa shape index (κ2) is 12.3. The number of nitro groups is 1. The number of carbonyl (C=O) groups excluding carboxylic acids is 2. The van der Waals surface area contributed by atoms with E-state index >= 15 is 0 Å². The lowest BCUT2D eigenvalue weighted by molar-refractivity contribution is -0.384. The number of nitrogens with zero attached hydrogens (tertiary/aromatic N) is 3. The Bertz CT molecular complexity index is 961. The highest BCUT2D eigenvalue weighted by molar-refractivity contribution is 6.21. The van der Waals surface area contributed by atoms with Crippen LogP contribution in [0.1, 0.15) is 71.7 Å². The van der Waals surface area contributed by atoms with Crippen LogP contribution in [0, 0.1) is 10.1 Å². The molecule has 0 aromatic heterocycles. The maximum Gasteiger partial charge on any atom is 0.270 e. The van der Waals surface area contributed by atoms with Crippen molar-refractivity contribution >= 4 is 17.5 Å². The summed E-state index contributed by atoms with van der Waals surface area (Å²) in [4.78, 5) is 39.1. The van der Waals surface area contributed by atoms with Crippen molar-refractivity contribution in [2.24, 2.45) is 0 Å². The number of rotatable bonds is 14. The van der Waals surface area contributed by atoms with E-state index in [0.29, 0.717) is 6.54 Å². The van der Waals surface area contributed by atoms with E-state index in [-0.39, 0.29) is 22.7 Å². The predicted molar refractivity (Wildman–Crippen MR) is 128 cm³/mol. The third kappa shape index (κ3) is 6.71. The van der Waals surface area contributed by atoms with E-state index in [4.69, 9.17) is 0 Å². The lowest BCUT2D eigenvalue weighted by atomic mass is 10.1. The van der Waals surface area contributed by atoms with Crippen molar-refractivity contribution in [1.29, 1.82) is 0 Å². The molecular formula is C26H33N3O4. The molecule has 1 aliphatic heterocycles. The maximum atomic E-state index is 12.5. The Hall–Kier alpha value is -3.06. The number of fused-ring (bicyclic) bond motifs is 1. The molecule has 0 spiro atoms. The number of amides is 2. The predicted octanol–water partition coefficient (Wildman–Crippen LogP) is 5.10. The van der Waals surface area contributed by atoms with Crippen molar-refractivity contribution in [3.63, 3.8) is 0 Å². The van der Waals surface area contributed by atoms with Crippen LogP contribution in [0.2, 0.25) is 0 Å². The minimum Gasteiger partial charge on any atom is -0.304 e. The van der Waals surface area contributed by atoms with Gasteiger partial charge >= 0.3 is 0 Å². The van der Waals surface area contributed by atoms with E-state index in [0.717, 1.165) is 45.3 Å². The van der Waals surface area contributed by atoms with Gasteiger partial charge in [-0.1, -0.05) is 50.1 Å². The van der Waals surface area contributed by atoms with Gasteiger partial charge in [0.05, 0.1) is 16.1 Å². The zero-order chi connectivity index (χ0) is 23.6. The third-order valence-corrected chi connectivity index (χ3v) is 6.25. The van der Waals surface area contributed by atoms with Gasteiger partial charge in [0.15, 0.2) is 0 Å². The Morgan fingerprint density at radius 2 is 1.52 bits per heavy atom. The van der Waals surface area contributed by atoms with Gasteiger partial charge in [-0.15, -0.1) is 0 Å². The highest BCUT2D eigenvalue weighted by Gasteiger charge is 2.36. The van der Waals surface area contributed by atoms with Crippen molar-refractivity contribution in [2.45, 2.75) is 51.9 Å². The van der Waals surface area contributed by atoms with E-state index < -0.39 is 10.8 Å². The molecule has 0 saturated heterocycles. The Balaban J connectivity index is 1.32. The SMILES string of the molecule is CCN(CCCCCc1ccccc1)CCCCCN1C(=O)c2ccc([N+](=O)[O-])cc2C1=O. The lowest BCUT2D eigenvalue weighted by Gasteiger charge is -2.20. The Kier molecular flexibility index (Phi) is 9.13. The molecule has 7 heteroatoms. The van der Waals surface area contributed by atoms with Crippen LogP contribution in [-0.4, -0.2) is 52.7 Å². The second-order valence-electron chi connectivity index (χ2n) is 8.54. The topological polar surface area (TPSA) is 83.8 Å². The van der Waals surface area contributed by atoms with Crippen LogP contribution >= 0.6 is 0 Å². The molecule has 2 amide bonds. The molecule has 0 N–H and O–H groups in total. The van der Waals surface area contributed by atoms with Crippen LogP contribution < -0.4 is 0 Å². The summed E-state index contributed by atoms with van der Waals surface area (Å²) in [6.07, 6.45) is 7.46. The summed E-state index contributed by atoms with van der Waals surface area (Å²) >= 11 is 0. The largest absolute Gasteiger partial charge is 0.304 e. The number of imide groups is 1. The number of carbonyl (C=O) groups is 2. The summed E-state index contributed by atoms with van der Waals surface area (Å²) in [5.74, 6) is -0.778. The van der Waals surface area contributed by atoms with Gasteiger partial charge in [0.2, 0.25) is 0 Å². The van der Waals surface area contributed by atoms with E-state index in [1.54, 1.807) is 0 Å². The molecule has 0 aliphatic carbocycles. The van der Waals surface area contributed by atoms with Crippen molar-refractivity contribution in [3.05, 3.63) is 75.3 Å². The molecule has 2 aromatic carbocycles. The van der Waals surface area contributed by atoms with Crippen molar-refractivity contribution < 1.29 is 14.5 Å². The molecule has 0 radical (unpaired) electrons. The molecule has 1 aliphatic rings. The van der Waals surface area contributed by atoms with Crippen molar-refractivity contribution in [1.82, 2.24) is 9.80 Å². The monoisotopic (exact) mass is 451 g/mol. The molecule has 7 nitrogen and oxygen atoms in total. The van der Waals surface area contributed by atoms with Gasteiger partial charge in [-0.25, -0.2) is 0 Å². The summed E-state index contributed by atoms with van der Waals surface area (Å²) < 4.78 is 0. The van der Waals surface area contributed by atoms with Crippen LogP contribution in [-0.2, 0) is 6.42 Å². The fourth-order valence-electron chi connectivity index (χ4n) is 4.29. The quantitative estimate of drug-likeness (QED) is 0.173. The molecule has 3 rings (SSSR count). The summed E-state index contributed by atoms with van der Waals surface area (Å²) in [7, 11) is 0. The van der Waals surface area contributed by atoms with Gasteiger partial charge in [-0.05, 0) is 63.4 Å². The standard InChI is InChI=1S/C26H33N3O4/c1-2-27(17-9-4-8-14-21-12-6-3-7-13-21)18-10-5-11-19-28-25(30)23-16-15-22(29(32)33)20-24(23)26(28)31/h3,6-7,12-13,15-16,20H,2,4-5,8-11,14,17-19H2,1H3. The number of aryl methyl sites for hydroxylation is 1. The molecule has 0 bridgehead atoms. The average Bonchev–Trinajstić information content (AvgIpc) is 3.07.